The summed E-state index contributed by atoms with van der Waals surface area (Å²) >= 11 is 6.13. The summed E-state index contributed by atoms with van der Waals surface area (Å²) in [5.41, 5.74) is 4.21. The summed E-state index contributed by atoms with van der Waals surface area (Å²) in [5.74, 6) is 0.792. The number of rotatable bonds is 7. The molecule has 0 unspecified atom stereocenters. The van der Waals surface area contributed by atoms with E-state index in [9.17, 15) is 4.79 Å². The van der Waals surface area contributed by atoms with Crippen LogP contribution in [0.25, 0.3) is 0 Å². The quantitative estimate of drug-likeness (QED) is 0.463. The third kappa shape index (κ3) is 5.78. The van der Waals surface area contributed by atoms with Gasteiger partial charge in [-0.1, -0.05) is 66.2 Å². The molecule has 5 rings (SSSR count). The number of benzene rings is 3. The smallest absolute Gasteiger partial charge is 0.257 e. The lowest BCUT2D eigenvalue weighted by molar-refractivity contribution is -0.134. The summed E-state index contributed by atoms with van der Waals surface area (Å²) in [5, 5.41) is 7.18. The van der Waals surface area contributed by atoms with Crippen molar-refractivity contribution in [2.24, 2.45) is 5.10 Å². The number of piperazine rings is 1. The molecule has 6 nitrogen and oxygen atoms in total. The molecular formula is C29H31ClN4O2. The summed E-state index contributed by atoms with van der Waals surface area (Å²) < 4.78 is 5.40. The van der Waals surface area contributed by atoms with Crippen molar-refractivity contribution in [2.45, 2.75) is 19.0 Å². The van der Waals surface area contributed by atoms with Gasteiger partial charge in [0.2, 0.25) is 0 Å². The van der Waals surface area contributed by atoms with E-state index in [1.165, 1.54) is 5.56 Å². The number of hydrogen-bond acceptors (Lipinski definition) is 5. The maximum atomic E-state index is 13.5. The van der Waals surface area contributed by atoms with E-state index >= 15 is 0 Å². The highest BCUT2D eigenvalue weighted by atomic mass is 35.5. The Morgan fingerprint density at radius 1 is 0.944 bits per heavy atom. The maximum Gasteiger partial charge on any atom is 0.257 e. The first-order valence-corrected chi connectivity index (χ1v) is 12.7. The average Bonchev–Trinajstić information content (AvgIpc) is 3.37. The Morgan fingerprint density at radius 3 is 2.39 bits per heavy atom. The van der Waals surface area contributed by atoms with E-state index in [1.807, 2.05) is 54.6 Å². The molecule has 2 heterocycles. The van der Waals surface area contributed by atoms with Crippen LogP contribution in [0.15, 0.2) is 84.0 Å². The van der Waals surface area contributed by atoms with Gasteiger partial charge in [-0.05, 0) is 35.4 Å². The van der Waals surface area contributed by atoms with Crippen molar-refractivity contribution in [3.8, 4) is 5.75 Å². The largest absolute Gasteiger partial charge is 0.497 e. The van der Waals surface area contributed by atoms with Crippen molar-refractivity contribution in [3.05, 3.63) is 101 Å². The third-order valence-electron chi connectivity index (χ3n) is 6.90. The number of carbonyl (C=O) groups is 1. The first-order valence-electron chi connectivity index (χ1n) is 12.4. The molecule has 1 fully saturated rings. The Morgan fingerprint density at radius 2 is 1.67 bits per heavy atom. The van der Waals surface area contributed by atoms with E-state index in [4.69, 9.17) is 21.4 Å². The zero-order chi connectivity index (χ0) is 24.9. The summed E-state index contributed by atoms with van der Waals surface area (Å²) in [4.78, 5) is 18.2. The minimum absolute atomic E-state index is 0.0179. The van der Waals surface area contributed by atoms with Crippen LogP contribution < -0.4 is 4.74 Å². The minimum Gasteiger partial charge on any atom is -0.497 e. The molecule has 0 saturated carbocycles. The van der Waals surface area contributed by atoms with E-state index in [0.29, 0.717) is 18.0 Å². The lowest BCUT2D eigenvalue weighted by Gasteiger charge is -2.35. The number of halogens is 1. The highest BCUT2D eigenvalue weighted by Crippen LogP contribution is 2.34. The second-order valence-corrected chi connectivity index (χ2v) is 9.76. The van der Waals surface area contributed by atoms with Crippen LogP contribution in [0.3, 0.4) is 0 Å². The number of hydrogen-bond donors (Lipinski definition) is 0. The zero-order valence-corrected chi connectivity index (χ0v) is 21.3. The lowest BCUT2D eigenvalue weighted by atomic mass is 9.98. The molecule has 2 aliphatic heterocycles. The highest BCUT2D eigenvalue weighted by molar-refractivity contribution is 6.30. The van der Waals surface area contributed by atoms with Crippen molar-refractivity contribution < 1.29 is 9.53 Å². The Labute approximate surface area is 217 Å². The van der Waals surface area contributed by atoms with Crippen LogP contribution in [0.1, 0.15) is 29.2 Å². The Kier molecular flexibility index (Phi) is 7.66. The van der Waals surface area contributed by atoms with Gasteiger partial charge in [-0.25, -0.2) is 5.01 Å². The predicted octanol–water partition coefficient (Wildman–Crippen LogP) is 4.84. The van der Waals surface area contributed by atoms with Crippen LogP contribution in [0.4, 0.5) is 0 Å². The van der Waals surface area contributed by atoms with Gasteiger partial charge in [0.15, 0.2) is 0 Å². The van der Waals surface area contributed by atoms with Crippen molar-refractivity contribution in [3.63, 3.8) is 0 Å². The fourth-order valence-electron chi connectivity index (χ4n) is 4.87. The van der Waals surface area contributed by atoms with Gasteiger partial charge in [0.05, 0.1) is 25.4 Å². The van der Waals surface area contributed by atoms with E-state index in [0.717, 1.165) is 55.3 Å². The molecule has 0 radical (unpaired) electrons. The molecule has 3 aromatic rings. The molecule has 0 N–H and O–H groups in total. The van der Waals surface area contributed by atoms with E-state index in [1.54, 1.807) is 12.1 Å². The van der Waals surface area contributed by atoms with Gasteiger partial charge in [-0.15, -0.1) is 0 Å². The van der Waals surface area contributed by atoms with Gasteiger partial charge >= 0.3 is 0 Å². The van der Waals surface area contributed by atoms with Crippen LogP contribution in [0, 0.1) is 0 Å². The number of nitrogens with zero attached hydrogens (tertiary/aromatic N) is 4. The summed E-state index contributed by atoms with van der Waals surface area (Å²) in [6.07, 6.45) is 0.644. The number of methoxy groups -OCH3 is 1. The molecule has 7 heteroatoms. The fraction of sp³-hybridized carbons (Fsp3) is 0.310. The van der Waals surface area contributed by atoms with Gasteiger partial charge < -0.3 is 4.74 Å². The fourth-order valence-corrected chi connectivity index (χ4v) is 5.00. The molecular weight excluding hydrogens is 472 g/mol. The molecule has 0 spiro atoms. The second-order valence-electron chi connectivity index (χ2n) is 9.33. The topological polar surface area (TPSA) is 48.4 Å². The summed E-state index contributed by atoms with van der Waals surface area (Å²) in [6.45, 7) is 4.93. The standard InChI is InChI=1S/C29H31ClN4O2/c1-36-26-9-5-8-24(18-26)27-19-28(23-10-12-25(30)13-11-23)34(31-27)29(35)21-33-16-14-32(15-17-33)20-22-6-3-2-4-7-22/h2-13,18,28H,14-17,19-21H2,1H3/t28-/m0/s1. The second kappa shape index (κ2) is 11.2. The monoisotopic (exact) mass is 502 g/mol. The van der Waals surface area contributed by atoms with Crippen LogP contribution in [0.5, 0.6) is 5.75 Å². The van der Waals surface area contributed by atoms with Crippen molar-refractivity contribution in [1.82, 2.24) is 14.8 Å². The van der Waals surface area contributed by atoms with Crippen molar-refractivity contribution in [2.75, 3.05) is 39.8 Å². The Balaban J connectivity index is 1.28. The molecule has 1 saturated heterocycles. The molecule has 36 heavy (non-hydrogen) atoms. The number of carbonyl (C=O) groups excluding carboxylic acids is 1. The normalized spacial score (nSPS) is 18.8. The average molecular weight is 503 g/mol. The van der Waals surface area contributed by atoms with E-state index in [2.05, 4.69) is 34.1 Å². The van der Waals surface area contributed by atoms with Crippen LogP contribution in [-0.2, 0) is 11.3 Å². The minimum atomic E-state index is -0.157. The van der Waals surface area contributed by atoms with Gasteiger partial charge in [0.25, 0.3) is 5.91 Å². The van der Waals surface area contributed by atoms with Crippen molar-refractivity contribution in [1.29, 1.82) is 0 Å². The van der Waals surface area contributed by atoms with Gasteiger partial charge in [0, 0.05) is 49.7 Å². The number of amides is 1. The van der Waals surface area contributed by atoms with Crippen LogP contribution >= 0.6 is 11.6 Å². The Hall–Kier alpha value is -3.19. The first-order chi connectivity index (χ1) is 17.6. The zero-order valence-electron chi connectivity index (χ0n) is 20.5. The molecule has 1 atom stereocenters. The van der Waals surface area contributed by atoms with E-state index in [-0.39, 0.29) is 11.9 Å². The first kappa shape index (κ1) is 24.5. The van der Waals surface area contributed by atoms with E-state index < -0.39 is 0 Å². The van der Waals surface area contributed by atoms with Crippen molar-refractivity contribution >= 4 is 23.2 Å². The highest BCUT2D eigenvalue weighted by Gasteiger charge is 2.34. The van der Waals surface area contributed by atoms with Gasteiger partial charge in [0.1, 0.15) is 5.75 Å². The molecule has 3 aromatic carbocycles. The SMILES string of the molecule is COc1cccc(C2=NN(C(=O)CN3CCN(Cc4ccccc4)CC3)[C@H](c3ccc(Cl)cc3)C2)c1. The van der Waals surface area contributed by atoms with Crippen LogP contribution in [0.2, 0.25) is 5.02 Å². The molecule has 1 amide bonds. The molecule has 0 aromatic heterocycles. The Bertz CT molecular complexity index is 1210. The molecule has 186 valence electrons. The summed E-state index contributed by atoms with van der Waals surface area (Å²) in [7, 11) is 1.65. The predicted molar refractivity (Wildman–Crippen MR) is 143 cm³/mol. The number of hydrazone groups is 1. The lowest BCUT2D eigenvalue weighted by Crippen LogP contribution is -2.49. The van der Waals surface area contributed by atoms with Gasteiger partial charge in [-0.2, -0.15) is 5.10 Å². The van der Waals surface area contributed by atoms with Crippen LogP contribution in [-0.4, -0.2) is 66.3 Å². The maximum absolute atomic E-state index is 13.5. The number of ether oxygens (including phenoxy) is 1. The molecule has 2 aliphatic rings. The molecule has 0 bridgehead atoms. The summed E-state index contributed by atoms with van der Waals surface area (Å²) in [6, 6.07) is 25.9. The van der Waals surface area contributed by atoms with Gasteiger partial charge in [-0.3, -0.25) is 14.6 Å². The third-order valence-corrected chi connectivity index (χ3v) is 7.15. The molecule has 0 aliphatic carbocycles.